The van der Waals surface area contributed by atoms with Gasteiger partial charge in [0.25, 0.3) is 0 Å². The molecule has 2 aliphatic rings. The van der Waals surface area contributed by atoms with Crippen molar-refractivity contribution >= 4 is 11.6 Å². The molecule has 2 fully saturated rings. The topological polar surface area (TPSA) is 9.23 Å². The highest BCUT2D eigenvalue weighted by atomic mass is 35.5. The molecule has 0 aromatic rings. The van der Waals surface area contributed by atoms with Crippen molar-refractivity contribution in [1.82, 2.24) is 0 Å². The average molecular weight is 187 g/mol. The monoisotopic (exact) mass is 186 g/mol. The highest BCUT2D eigenvalue weighted by molar-refractivity contribution is 6.19. The zero-order chi connectivity index (χ0) is 8.60. The van der Waals surface area contributed by atoms with E-state index in [4.69, 9.17) is 16.3 Å². The fourth-order valence-electron chi connectivity index (χ4n) is 2.62. The Bertz CT molecular complexity index is 192. The Kier molecular flexibility index (Phi) is 2.07. The van der Waals surface area contributed by atoms with Crippen LogP contribution in [0, 0.1) is 5.92 Å². The van der Waals surface area contributed by atoms with Crippen LogP contribution in [0.25, 0.3) is 0 Å². The summed E-state index contributed by atoms with van der Waals surface area (Å²) in [6.45, 7) is 3.79. The maximum Gasteiger partial charge on any atom is 0.109 e. The fraction of sp³-hybridized carbons (Fsp3) is 0.800. The highest BCUT2D eigenvalue weighted by Crippen LogP contribution is 2.50. The zero-order valence-corrected chi connectivity index (χ0v) is 8.07. The molecule has 0 atom stereocenters. The summed E-state index contributed by atoms with van der Waals surface area (Å²) in [6, 6.07) is 0. The van der Waals surface area contributed by atoms with Gasteiger partial charge in [0.15, 0.2) is 0 Å². The average Bonchev–Trinajstić information content (AvgIpc) is 2.63. The summed E-state index contributed by atoms with van der Waals surface area (Å²) in [5.41, 5.74) is 0.149. The van der Waals surface area contributed by atoms with Crippen molar-refractivity contribution in [3.05, 3.63) is 12.3 Å². The largest absolute Gasteiger partial charge is 0.491 e. The predicted molar refractivity (Wildman–Crippen MR) is 50.3 cm³/mol. The van der Waals surface area contributed by atoms with E-state index in [0.717, 1.165) is 11.7 Å². The minimum absolute atomic E-state index is 0.149. The molecule has 2 heteroatoms. The van der Waals surface area contributed by atoms with E-state index in [2.05, 4.69) is 6.58 Å². The van der Waals surface area contributed by atoms with Gasteiger partial charge in [-0.15, -0.1) is 11.6 Å². The van der Waals surface area contributed by atoms with Crippen molar-refractivity contribution in [3.8, 4) is 0 Å². The van der Waals surface area contributed by atoms with Crippen molar-refractivity contribution in [2.45, 2.75) is 37.7 Å². The van der Waals surface area contributed by atoms with Crippen LogP contribution in [0.1, 0.15) is 32.1 Å². The summed E-state index contributed by atoms with van der Waals surface area (Å²) >= 11 is 5.64. The van der Waals surface area contributed by atoms with E-state index in [-0.39, 0.29) is 5.60 Å². The Labute approximate surface area is 78.7 Å². The number of halogens is 1. The van der Waals surface area contributed by atoms with Crippen LogP contribution in [-0.2, 0) is 4.74 Å². The molecule has 0 N–H and O–H groups in total. The van der Waals surface area contributed by atoms with E-state index >= 15 is 0 Å². The number of fused-ring (bicyclic) bond motifs is 2. The molecule has 0 aromatic heterocycles. The standard InChI is InChI=1S/C10H15ClO/c1-8(7-11)12-10-4-2-9(6-10)3-5-10/h9H,1-7H2. The maximum atomic E-state index is 5.81. The van der Waals surface area contributed by atoms with Gasteiger partial charge >= 0.3 is 0 Å². The van der Waals surface area contributed by atoms with Gasteiger partial charge in [0, 0.05) is 0 Å². The first-order valence-corrected chi connectivity index (χ1v) is 5.20. The lowest BCUT2D eigenvalue weighted by atomic mass is 9.97. The molecule has 1 nitrogen and oxygen atoms in total. The second-order valence-electron chi connectivity index (χ2n) is 4.10. The van der Waals surface area contributed by atoms with Crippen LogP contribution in [0.15, 0.2) is 12.3 Å². The van der Waals surface area contributed by atoms with Gasteiger partial charge in [0.05, 0.1) is 5.88 Å². The SMILES string of the molecule is C=C(CCl)OC12CCC(CC1)C2. The molecule has 0 amide bonds. The van der Waals surface area contributed by atoms with Crippen LogP contribution < -0.4 is 0 Å². The van der Waals surface area contributed by atoms with Crippen LogP contribution in [0.3, 0.4) is 0 Å². The van der Waals surface area contributed by atoms with Crippen LogP contribution in [-0.4, -0.2) is 11.5 Å². The lowest BCUT2D eigenvalue weighted by molar-refractivity contribution is 0.0137. The number of rotatable bonds is 3. The van der Waals surface area contributed by atoms with Gasteiger partial charge in [-0.3, -0.25) is 0 Å². The summed E-state index contributed by atoms with van der Waals surface area (Å²) in [6.07, 6.45) is 6.36. The first kappa shape index (κ1) is 8.43. The Morgan fingerprint density at radius 1 is 1.50 bits per heavy atom. The van der Waals surface area contributed by atoms with Crippen molar-refractivity contribution in [1.29, 1.82) is 0 Å². The lowest BCUT2D eigenvalue weighted by Gasteiger charge is -2.28. The van der Waals surface area contributed by atoms with Crippen LogP contribution >= 0.6 is 11.6 Å². The van der Waals surface area contributed by atoms with Crippen LogP contribution in [0.4, 0.5) is 0 Å². The highest BCUT2D eigenvalue weighted by Gasteiger charge is 2.46. The molecule has 0 aliphatic heterocycles. The van der Waals surface area contributed by atoms with E-state index in [1.807, 2.05) is 0 Å². The Balaban J connectivity index is 1.98. The van der Waals surface area contributed by atoms with E-state index in [9.17, 15) is 0 Å². The number of hydrogen-bond donors (Lipinski definition) is 0. The molecular formula is C10H15ClO. The molecule has 68 valence electrons. The summed E-state index contributed by atoms with van der Waals surface area (Å²) in [5, 5.41) is 0. The maximum absolute atomic E-state index is 5.81. The summed E-state index contributed by atoms with van der Waals surface area (Å²) in [7, 11) is 0. The summed E-state index contributed by atoms with van der Waals surface area (Å²) in [5.74, 6) is 2.11. The van der Waals surface area contributed by atoms with Crippen molar-refractivity contribution < 1.29 is 4.74 Å². The van der Waals surface area contributed by atoms with Crippen LogP contribution in [0.5, 0.6) is 0 Å². The Morgan fingerprint density at radius 3 is 2.58 bits per heavy atom. The van der Waals surface area contributed by atoms with E-state index in [1.54, 1.807) is 0 Å². The van der Waals surface area contributed by atoms with Gasteiger partial charge < -0.3 is 4.74 Å². The second-order valence-corrected chi connectivity index (χ2v) is 4.37. The van der Waals surface area contributed by atoms with Gasteiger partial charge in [0.2, 0.25) is 0 Å². The fourth-order valence-corrected chi connectivity index (χ4v) is 2.67. The zero-order valence-electron chi connectivity index (χ0n) is 7.31. The van der Waals surface area contributed by atoms with Crippen molar-refractivity contribution in [3.63, 3.8) is 0 Å². The van der Waals surface area contributed by atoms with Gasteiger partial charge in [0.1, 0.15) is 11.4 Å². The first-order chi connectivity index (χ1) is 5.74. The second kappa shape index (κ2) is 2.95. The Hall–Kier alpha value is -0.170. The van der Waals surface area contributed by atoms with Gasteiger partial charge in [-0.25, -0.2) is 0 Å². The number of hydrogen-bond acceptors (Lipinski definition) is 1. The van der Waals surface area contributed by atoms with Crippen molar-refractivity contribution in [2.24, 2.45) is 5.92 Å². The molecule has 0 unspecified atom stereocenters. The molecule has 0 spiro atoms. The summed E-state index contributed by atoms with van der Waals surface area (Å²) < 4.78 is 5.81. The third kappa shape index (κ3) is 1.35. The number of ether oxygens (including phenoxy) is 1. The Morgan fingerprint density at radius 2 is 2.17 bits per heavy atom. The summed E-state index contributed by atoms with van der Waals surface area (Å²) in [4.78, 5) is 0. The molecule has 12 heavy (non-hydrogen) atoms. The van der Waals surface area contributed by atoms with E-state index < -0.39 is 0 Å². The van der Waals surface area contributed by atoms with Crippen LogP contribution in [0.2, 0.25) is 0 Å². The minimum atomic E-state index is 0.149. The van der Waals surface area contributed by atoms with Crippen molar-refractivity contribution in [2.75, 3.05) is 5.88 Å². The van der Waals surface area contributed by atoms with Gasteiger partial charge in [-0.2, -0.15) is 0 Å². The first-order valence-electron chi connectivity index (χ1n) is 4.67. The number of allylic oxidation sites excluding steroid dienone is 1. The number of alkyl halides is 1. The van der Waals surface area contributed by atoms with E-state index in [0.29, 0.717) is 5.88 Å². The molecule has 0 heterocycles. The quantitative estimate of drug-likeness (QED) is 0.486. The molecular weight excluding hydrogens is 172 g/mol. The third-order valence-corrected chi connectivity index (χ3v) is 3.49. The normalized spacial score (nSPS) is 38.6. The molecule has 0 saturated heterocycles. The third-order valence-electron chi connectivity index (χ3n) is 3.19. The smallest absolute Gasteiger partial charge is 0.109 e. The van der Waals surface area contributed by atoms with Gasteiger partial charge in [-0.05, 0) is 38.0 Å². The lowest BCUT2D eigenvalue weighted by Crippen LogP contribution is -2.26. The molecule has 0 aromatic carbocycles. The van der Waals surface area contributed by atoms with Gasteiger partial charge in [-0.1, -0.05) is 6.58 Å². The molecule has 2 rings (SSSR count). The molecule has 0 radical (unpaired) electrons. The molecule has 2 aliphatic carbocycles. The molecule has 2 saturated carbocycles. The van der Waals surface area contributed by atoms with E-state index in [1.165, 1.54) is 32.1 Å². The minimum Gasteiger partial charge on any atom is -0.491 e. The predicted octanol–water partition coefficient (Wildman–Crippen LogP) is 3.09. The molecule has 2 bridgehead atoms.